The first-order valence-corrected chi connectivity index (χ1v) is 36.6. The van der Waals surface area contributed by atoms with Crippen molar-refractivity contribution in [2.24, 2.45) is 10.1 Å². The molecule has 5 aliphatic rings. The number of thiazole rings is 1. The van der Waals surface area contributed by atoms with Crippen LogP contribution in [0.5, 0.6) is 5.88 Å². The first kappa shape index (κ1) is 87.5. The lowest BCUT2D eigenvalue weighted by Gasteiger charge is -1.93. The summed E-state index contributed by atoms with van der Waals surface area (Å²) in [4.78, 5) is 40.1. The molecule has 0 radical (unpaired) electrons. The Kier molecular flexibility index (Phi) is 51.4. The van der Waals surface area contributed by atoms with Gasteiger partial charge >= 0.3 is 6.21 Å². The van der Waals surface area contributed by atoms with E-state index in [-0.39, 0.29) is 0 Å². The average molecular weight is 1370 g/mol. The molecule has 15 heteroatoms. The van der Waals surface area contributed by atoms with Gasteiger partial charge in [-0.15, -0.1) is 11.3 Å². The molecule has 3 aliphatic heterocycles. The lowest BCUT2D eigenvalue weighted by Crippen LogP contribution is -1.87. The van der Waals surface area contributed by atoms with Crippen molar-refractivity contribution in [3.63, 3.8) is 0 Å². The van der Waals surface area contributed by atoms with Gasteiger partial charge in [0.1, 0.15) is 17.0 Å². The maximum absolute atomic E-state index is 5.19. The highest BCUT2D eigenvalue weighted by Crippen LogP contribution is 2.24. The van der Waals surface area contributed by atoms with Crippen molar-refractivity contribution >= 4 is 84.5 Å². The van der Waals surface area contributed by atoms with Crippen LogP contribution in [0.15, 0.2) is 256 Å². The third kappa shape index (κ3) is 31.8. The molecule has 13 aromatic rings. The van der Waals surface area contributed by atoms with E-state index in [2.05, 4.69) is 128 Å². The highest BCUT2D eigenvalue weighted by molar-refractivity contribution is 7.16. The summed E-state index contributed by atoms with van der Waals surface area (Å²) in [5, 5.41) is 5.95. The third-order valence-corrected chi connectivity index (χ3v) is 13.6. The number of fused-ring (bicyclic) bond motifs is 9. The molecule has 0 atom stereocenters. The van der Waals surface area contributed by atoms with Gasteiger partial charge in [-0.2, -0.15) is 0 Å². The monoisotopic (exact) mass is 1360 g/mol. The second-order valence-electron chi connectivity index (χ2n) is 18.3. The number of hydrogen-bond acceptors (Lipinski definition) is 14. The van der Waals surface area contributed by atoms with Crippen molar-refractivity contribution in [2.75, 3.05) is 6.61 Å². The van der Waals surface area contributed by atoms with Gasteiger partial charge in [0.15, 0.2) is 23.4 Å². The van der Waals surface area contributed by atoms with E-state index in [9.17, 15) is 0 Å². The van der Waals surface area contributed by atoms with Crippen LogP contribution in [0.1, 0.15) is 170 Å². The molecule has 100 heavy (non-hydrogen) atoms. The maximum atomic E-state index is 5.19. The van der Waals surface area contributed by atoms with Crippen LogP contribution in [0, 0.1) is 0 Å². The average Bonchev–Trinajstić information content (AvgIpc) is 2.45. The van der Waals surface area contributed by atoms with Gasteiger partial charge < -0.3 is 13.6 Å². The SMILES string of the molecule is C1=Cc2ccccc2C1.C1=Nc2ccccc2C1.C1=[N+]=Nc2cccnc21.CC.CC.CC.CC.CC.CC.CC.CC.CC.c1ccc2ncccc2c1.c1ccc2ocnc2c1.c1ccc2scnc2c1.c1cnc2c(c1)CCC2.c1cnc2c(c1)CCO2.c1ncc2ccoc2n1. The standard InChI is InChI=1S/C9H7N.C9H8.C8H9N.C8H7N.C7H7NO.C7H5NO.C7H5NS.C6H4N3.C6H4N2O.9C2H6/c1-2-6-9-8(4-1)5-3-7-10-9;1-2-5-9-7-3-6-8(9)4-1;1-3-7-4-2-6-9-8(7)5-1;1-2-4-8-7(3-1)5-6-9-8;1-2-6-3-5-9-7(6)8-4-1;2*1-2-4-7-6(3-1)8-5-9-7;1-2-5-6(7-3-1)4-8-9-5;1-2-9-6-5(1)3-7-4-8-6;9*1-2/h1-7H;1-6H,7H2;2,4,6H,1,3,5H2;1-4,6H,5H2;1-2,4H,3,5H2;2*1-5H;2*1-4H;9*1-2H3/q;;;;;;;+1;;;;;;;;;;. The molecule has 2 aliphatic carbocycles. The van der Waals surface area contributed by atoms with E-state index in [4.69, 9.17) is 13.6 Å². The molecular formula is C85H110N11O3S+. The first-order chi connectivity index (χ1) is 49.7. The zero-order valence-corrected chi connectivity index (χ0v) is 63.6. The van der Waals surface area contributed by atoms with Crippen LogP contribution in [0.2, 0.25) is 0 Å². The summed E-state index contributed by atoms with van der Waals surface area (Å²) < 4.78 is 16.4. The van der Waals surface area contributed by atoms with Crippen molar-refractivity contribution < 1.29 is 18.4 Å². The Balaban J connectivity index is 0.000000547. The van der Waals surface area contributed by atoms with E-state index < -0.39 is 0 Å². The van der Waals surface area contributed by atoms with E-state index in [1.165, 1.54) is 75.6 Å². The van der Waals surface area contributed by atoms with Gasteiger partial charge in [0.05, 0.1) is 50.0 Å². The van der Waals surface area contributed by atoms with Gasteiger partial charge in [0.25, 0.3) is 0 Å². The lowest BCUT2D eigenvalue weighted by atomic mass is 10.1. The van der Waals surface area contributed by atoms with E-state index in [0.717, 1.165) is 76.3 Å². The fourth-order valence-electron chi connectivity index (χ4n) is 8.69. The van der Waals surface area contributed by atoms with Crippen LogP contribution in [0.25, 0.3) is 49.4 Å². The highest BCUT2D eigenvalue weighted by Gasteiger charge is 2.13. The Bertz CT molecular complexity index is 3730. The summed E-state index contributed by atoms with van der Waals surface area (Å²) in [5.41, 5.74) is 17.5. The summed E-state index contributed by atoms with van der Waals surface area (Å²) in [6.45, 7) is 36.8. The molecular weight excluding hydrogens is 1260 g/mol. The smallest absolute Gasteiger partial charge is 0.358 e. The molecule has 0 bridgehead atoms. The third-order valence-electron chi connectivity index (χ3n) is 12.8. The molecule has 0 saturated carbocycles. The summed E-state index contributed by atoms with van der Waals surface area (Å²) in [5.74, 6) is 0.817. The van der Waals surface area contributed by atoms with Gasteiger partial charge in [-0.3, -0.25) is 15.0 Å². The number of aryl methyl sites for hydroxylation is 2. The molecule has 0 amide bonds. The number of nitrogens with zero attached hydrogens (tertiary/aromatic N) is 11. The van der Waals surface area contributed by atoms with Crippen LogP contribution in [-0.2, 0) is 32.1 Å². The molecule has 14 nitrogen and oxygen atoms in total. The zero-order chi connectivity index (χ0) is 73.6. The molecule has 0 unspecified atom stereocenters. The van der Waals surface area contributed by atoms with E-state index in [0.29, 0.717) is 5.71 Å². The normalized spacial score (nSPS) is 10.6. The minimum atomic E-state index is 0.644. The molecule has 5 aromatic carbocycles. The number of pyridine rings is 4. The van der Waals surface area contributed by atoms with Gasteiger partial charge in [-0.1, -0.05) is 240 Å². The number of aliphatic imine (C=N–C) groups is 1. The maximum Gasteiger partial charge on any atom is 0.358 e. The number of oxazole rings is 1. The number of benzene rings is 5. The van der Waals surface area contributed by atoms with Gasteiger partial charge in [-0.05, 0) is 121 Å². The number of allylic oxidation sites excluding steroid dienone is 1. The fourth-order valence-corrected chi connectivity index (χ4v) is 9.37. The zero-order valence-electron chi connectivity index (χ0n) is 62.8. The summed E-state index contributed by atoms with van der Waals surface area (Å²) >= 11 is 1.68. The minimum Gasteiger partial charge on any atom is -0.477 e. The quantitative estimate of drug-likeness (QED) is 0.132. The number of ether oxygens (including phenoxy) is 1. The van der Waals surface area contributed by atoms with Gasteiger partial charge in [0, 0.05) is 66.7 Å². The Morgan fingerprint density at radius 1 is 0.440 bits per heavy atom. The predicted molar refractivity (Wildman–Crippen MR) is 428 cm³/mol. The Hall–Kier alpha value is -10.5. The Morgan fingerprint density at radius 3 is 1.73 bits per heavy atom. The van der Waals surface area contributed by atoms with E-state index >= 15 is 0 Å². The van der Waals surface area contributed by atoms with Gasteiger partial charge in [-0.25, -0.2) is 29.9 Å². The van der Waals surface area contributed by atoms with Crippen molar-refractivity contribution in [2.45, 2.75) is 163 Å². The topological polar surface area (TPSA) is 177 Å². The number of para-hydroxylation sites is 5. The first-order valence-electron chi connectivity index (χ1n) is 35.7. The molecule has 0 fully saturated rings. The number of hydrogen-bond donors (Lipinski definition) is 0. The number of aromatic nitrogens is 8. The molecule has 18 rings (SSSR count). The van der Waals surface area contributed by atoms with E-state index in [1.54, 1.807) is 42.4 Å². The molecule has 0 N–H and O–H groups in total. The Labute approximate surface area is 601 Å². The van der Waals surface area contributed by atoms with Crippen molar-refractivity contribution in [1.29, 1.82) is 0 Å². The molecule has 11 heterocycles. The molecule has 0 spiro atoms. The highest BCUT2D eigenvalue weighted by atomic mass is 32.1. The van der Waals surface area contributed by atoms with E-state index in [1.807, 2.05) is 264 Å². The molecule has 528 valence electrons. The van der Waals surface area contributed by atoms with Crippen LogP contribution in [-0.4, -0.2) is 63.7 Å². The predicted octanol–water partition coefficient (Wildman–Crippen LogP) is 24.4. The summed E-state index contributed by atoms with van der Waals surface area (Å²) in [7, 11) is 0. The van der Waals surface area contributed by atoms with Crippen LogP contribution in [0.3, 0.4) is 0 Å². The molecule has 8 aromatic heterocycles. The summed E-state index contributed by atoms with van der Waals surface area (Å²) in [6, 6.07) is 58.3. The Morgan fingerprint density at radius 2 is 1.04 bits per heavy atom. The van der Waals surface area contributed by atoms with Crippen LogP contribution in [0.4, 0.5) is 11.4 Å². The minimum absolute atomic E-state index is 0.644. The largest absolute Gasteiger partial charge is 0.477 e. The summed E-state index contributed by atoms with van der Waals surface area (Å²) in [6.07, 6.45) is 28.2. The van der Waals surface area contributed by atoms with Crippen molar-refractivity contribution in [3.8, 4) is 5.88 Å². The van der Waals surface area contributed by atoms with Crippen LogP contribution < -0.4 is 4.74 Å². The fraction of sp³-hybridized carbons (Fsp3) is 0.294. The second-order valence-corrected chi connectivity index (χ2v) is 19.2. The van der Waals surface area contributed by atoms with Crippen molar-refractivity contribution in [3.05, 3.63) is 277 Å². The van der Waals surface area contributed by atoms with Crippen LogP contribution >= 0.6 is 11.3 Å². The van der Waals surface area contributed by atoms with Crippen molar-refractivity contribution in [1.82, 2.24) is 39.9 Å². The second kappa shape index (κ2) is 58.7. The molecule has 0 saturated heterocycles. The number of furan rings is 1. The lowest BCUT2D eigenvalue weighted by molar-refractivity contribution is -0.0634. The number of rotatable bonds is 0. The van der Waals surface area contributed by atoms with Gasteiger partial charge in [0.2, 0.25) is 11.6 Å².